The van der Waals surface area contributed by atoms with Crippen LogP contribution in [0.1, 0.15) is 71.8 Å². The summed E-state index contributed by atoms with van der Waals surface area (Å²) in [6, 6.07) is 23.9. The fraction of sp³-hybridized carbons (Fsp3) is 0.309. The smallest absolute Gasteiger partial charge is 0.311 e. The number of Topliss-reactive ketones (excluding diaryl/α,β-unsaturated/α-hetero) is 2. The number of unbranched alkanes of at least 4 members (excludes halogenated alkanes) is 2. The number of allylic oxidation sites excluding steroid dienone is 6. The lowest BCUT2D eigenvalue weighted by Gasteiger charge is -2.32. The Morgan fingerprint density at radius 2 is 1.35 bits per heavy atom. The van der Waals surface area contributed by atoms with Crippen molar-refractivity contribution in [1.29, 1.82) is 21.0 Å². The molecule has 4 aromatic rings. The van der Waals surface area contributed by atoms with Crippen LogP contribution in [0.3, 0.4) is 0 Å². The lowest BCUT2D eigenvalue weighted by atomic mass is 9.72. The number of phenols is 1. The number of nitriles is 4. The Balaban J connectivity index is 1.03. The number of carbonyl (C=O) groups excluding carboxylic acids is 4. The molecule has 1 saturated carbocycles. The van der Waals surface area contributed by atoms with Crippen molar-refractivity contribution in [1.82, 2.24) is 4.90 Å². The lowest BCUT2D eigenvalue weighted by Crippen LogP contribution is -2.42. The number of anilines is 1. The van der Waals surface area contributed by atoms with Crippen molar-refractivity contribution in [3.63, 3.8) is 0 Å². The van der Waals surface area contributed by atoms with E-state index >= 15 is 0 Å². The molecule has 1 fully saturated rings. The van der Waals surface area contributed by atoms with Gasteiger partial charge in [-0.2, -0.15) is 21.0 Å². The van der Waals surface area contributed by atoms with E-state index in [1.54, 1.807) is 6.08 Å². The predicted molar refractivity (Wildman–Crippen MR) is 256 cm³/mol. The Labute approximate surface area is 394 Å². The molecular weight excluding hydrogens is 857 g/mol. The number of ether oxygens (including phenoxy) is 2. The fourth-order valence-electron chi connectivity index (χ4n) is 9.30. The molecule has 0 spiro atoms. The van der Waals surface area contributed by atoms with Crippen LogP contribution < -0.4 is 20.1 Å². The summed E-state index contributed by atoms with van der Waals surface area (Å²) >= 11 is 0. The number of nitrogens with zero attached hydrogens (tertiary/aromatic N) is 6. The van der Waals surface area contributed by atoms with Crippen molar-refractivity contribution in [3.05, 3.63) is 124 Å². The van der Waals surface area contributed by atoms with E-state index in [1.165, 1.54) is 36.4 Å². The molecule has 1 N–H and O–H groups in total. The third kappa shape index (κ3) is 9.31. The van der Waals surface area contributed by atoms with Crippen LogP contribution in [0.4, 0.5) is 5.69 Å². The van der Waals surface area contributed by atoms with Crippen LogP contribution in [0, 0.1) is 51.2 Å². The molecule has 13 heteroatoms. The first kappa shape index (κ1) is 47.9. The van der Waals surface area contributed by atoms with Crippen LogP contribution in [-0.2, 0) is 29.3 Å². The molecule has 0 saturated heterocycles. The van der Waals surface area contributed by atoms with Gasteiger partial charge in [0, 0.05) is 33.3 Å². The standard InChI is InChI=1S/C55H50N6O7/c1-5-7-23-60(24-8-6-2)37-15-13-34(14-16-37)52-53(65)44(54(52)66)29-47-55(3,4)45-11-9-10-12-46(45)61(47)25-26-67-48(63)21-22-49(64)68-39-18-20-41-43(28-39)51(36(32-58)33-59)40-19-17-38(62)27-42(40)50(41)35(30-56)31-57/h9-20,27-29,37,44,62H,5-8,21-26H2,1-4H3/b47-29+,52-34?. The van der Waals surface area contributed by atoms with Gasteiger partial charge in [0.1, 0.15) is 59.4 Å². The number of esters is 2. The highest BCUT2D eigenvalue weighted by molar-refractivity contribution is 6.40. The van der Waals surface area contributed by atoms with Gasteiger partial charge < -0.3 is 19.5 Å². The summed E-state index contributed by atoms with van der Waals surface area (Å²) in [6.07, 6.45) is 13.4. The number of carbonyl (C=O) groups is 4. The van der Waals surface area contributed by atoms with Gasteiger partial charge in [-0.05, 0) is 107 Å². The number of phenolic OH excluding ortho intramolecular Hbond substituents is 1. The van der Waals surface area contributed by atoms with Crippen molar-refractivity contribution in [2.24, 2.45) is 5.92 Å². The zero-order chi connectivity index (χ0) is 48.7. The number of aromatic hydroxyl groups is 1. The van der Waals surface area contributed by atoms with E-state index in [1.807, 2.05) is 79.4 Å². The van der Waals surface area contributed by atoms with E-state index in [9.17, 15) is 45.3 Å². The number of ketones is 2. The maximum atomic E-state index is 13.8. The first-order valence-electron chi connectivity index (χ1n) is 22.8. The molecule has 0 aromatic heterocycles. The van der Waals surface area contributed by atoms with Gasteiger partial charge in [-0.15, -0.1) is 0 Å². The molecule has 13 nitrogen and oxygen atoms in total. The number of hydrogen-bond acceptors (Lipinski definition) is 13. The second kappa shape index (κ2) is 20.6. The highest BCUT2D eigenvalue weighted by Gasteiger charge is 2.47. The van der Waals surface area contributed by atoms with Crippen LogP contribution in [0.5, 0.6) is 11.5 Å². The minimum atomic E-state index is -0.948. The maximum absolute atomic E-state index is 13.8. The van der Waals surface area contributed by atoms with Crippen LogP contribution >= 0.6 is 0 Å². The third-order valence-electron chi connectivity index (χ3n) is 12.8. The quantitative estimate of drug-likeness (QED) is 0.0307. The highest BCUT2D eigenvalue weighted by Crippen LogP contribution is 2.49. The van der Waals surface area contributed by atoms with Gasteiger partial charge in [-0.25, -0.2) is 0 Å². The van der Waals surface area contributed by atoms with Gasteiger partial charge in [0.25, 0.3) is 0 Å². The first-order valence-corrected chi connectivity index (χ1v) is 22.8. The minimum absolute atomic E-state index is 0.0144. The zero-order valence-electron chi connectivity index (χ0n) is 38.5. The van der Waals surface area contributed by atoms with Gasteiger partial charge in [0.2, 0.25) is 0 Å². The number of hydrogen-bond donors (Lipinski definition) is 1. The second-order valence-corrected chi connectivity index (χ2v) is 17.4. The molecule has 0 bridgehead atoms. The summed E-state index contributed by atoms with van der Waals surface area (Å²) in [7, 11) is 0. The average molecular weight is 907 g/mol. The highest BCUT2D eigenvalue weighted by atomic mass is 16.5. The van der Waals surface area contributed by atoms with Gasteiger partial charge >= 0.3 is 11.9 Å². The van der Waals surface area contributed by atoms with Crippen molar-refractivity contribution >= 4 is 61.9 Å². The summed E-state index contributed by atoms with van der Waals surface area (Å²) in [5, 5.41) is 51.2. The molecule has 4 aromatic carbocycles. The topological polar surface area (TPSA) is 209 Å². The Kier molecular flexibility index (Phi) is 14.5. The van der Waals surface area contributed by atoms with E-state index < -0.39 is 23.3 Å². The molecule has 7 rings (SSSR count). The molecule has 3 aliphatic rings. The molecule has 1 heterocycles. The average Bonchev–Trinajstić information content (AvgIpc) is 3.55. The van der Waals surface area contributed by atoms with Crippen molar-refractivity contribution in [2.75, 3.05) is 31.1 Å². The lowest BCUT2D eigenvalue weighted by molar-refractivity contribution is -0.146. The van der Waals surface area contributed by atoms with Crippen LogP contribution in [0.25, 0.3) is 32.7 Å². The van der Waals surface area contributed by atoms with Gasteiger partial charge in [-0.3, -0.25) is 24.1 Å². The molecule has 0 unspecified atom stereocenters. The second-order valence-electron chi connectivity index (χ2n) is 17.4. The molecule has 68 heavy (non-hydrogen) atoms. The predicted octanol–water partition coefficient (Wildman–Crippen LogP) is 7.47. The van der Waals surface area contributed by atoms with E-state index in [-0.39, 0.29) is 93.0 Å². The summed E-state index contributed by atoms with van der Waals surface area (Å²) < 4.78 is 11.2. The third-order valence-corrected chi connectivity index (χ3v) is 12.8. The van der Waals surface area contributed by atoms with Gasteiger partial charge in [0.05, 0.1) is 25.0 Å². The van der Waals surface area contributed by atoms with Crippen molar-refractivity contribution in [3.8, 4) is 35.8 Å². The van der Waals surface area contributed by atoms with Gasteiger partial charge in [-0.1, -0.05) is 83.0 Å². The molecule has 0 amide bonds. The Hall–Kier alpha value is -8.10. The number of fused-ring (bicyclic) bond motifs is 3. The number of rotatable bonds is 15. The Morgan fingerprint density at radius 3 is 1.96 bits per heavy atom. The van der Waals surface area contributed by atoms with E-state index in [4.69, 9.17) is 9.47 Å². The van der Waals surface area contributed by atoms with Crippen molar-refractivity contribution in [2.45, 2.75) is 77.7 Å². The summed E-state index contributed by atoms with van der Waals surface area (Å²) in [6.45, 7) is 10.5. The number of benzene rings is 4. The first-order chi connectivity index (χ1) is 32.8. The number of para-hydroxylation sites is 1. The van der Waals surface area contributed by atoms with E-state index in [0.29, 0.717) is 16.3 Å². The van der Waals surface area contributed by atoms with Crippen LogP contribution in [-0.4, -0.2) is 65.8 Å². The van der Waals surface area contributed by atoms with E-state index in [0.717, 1.165) is 55.7 Å². The molecule has 1 aliphatic heterocycles. The molecule has 0 atom stereocenters. The molecule has 0 radical (unpaired) electrons. The molecular formula is C55H50N6O7. The van der Waals surface area contributed by atoms with Crippen molar-refractivity contribution < 1.29 is 33.8 Å². The Bertz CT molecular complexity index is 3130. The monoisotopic (exact) mass is 906 g/mol. The molecule has 342 valence electrons. The van der Waals surface area contributed by atoms with Crippen LogP contribution in [0.2, 0.25) is 0 Å². The van der Waals surface area contributed by atoms with Crippen LogP contribution in [0.15, 0.2) is 108 Å². The summed E-state index contributed by atoms with van der Waals surface area (Å²) in [5.41, 5.74) is 2.29. The zero-order valence-corrected chi connectivity index (χ0v) is 38.5. The fourth-order valence-corrected chi connectivity index (χ4v) is 9.30. The SMILES string of the molecule is CCCCN(CCCC)C1C=CC(=C2C(=O)C(/C=C3/N(CCOC(=O)CCC(=O)Oc4ccc5c(=C(C#N)C#N)c6cc(O)ccc6c(=C(C#N)C#N)c5c4)c4ccccc4C3(C)C)C2=O)C=C1. The normalized spacial score (nSPS) is 17.4. The summed E-state index contributed by atoms with van der Waals surface area (Å²) in [5.74, 6) is -2.99. The summed E-state index contributed by atoms with van der Waals surface area (Å²) in [4.78, 5) is 58.1. The largest absolute Gasteiger partial charge is 0.508 e. The maximum Gasteiger partial charge on any atom is 0.311 e. The Morgan fingerprint density at radius 1 is 0.779 bits per heavy atom. The minimum Gasteiger partial charge on any atom is -0.508 e. The van der Waals surface area contributed by atoms with Gasteiger partial charge in [0.15, 0.2) is 11.6 Å². The molecule has 2 aliphatic carbocycles. The van der Waals surface area contributed by atoms with E-state index in [2.05, 4.69) is 30.9 Å².